The quantitative estimate of drug-likeness (QED) is 0.269. The Labute approximate surface area is 186 Å². The number of nitro benzene ring substituents is 1. The monoisotopic (exact) mass is 494 g/mol. The SMILES string of the molecule is COc1cc(F)c(N)cc1CCc1ccccc1.COc1cc(F)c([N+](=O)[O-])cc1Br. The third kappa shape index (κ3) is 6.65. The lowest BCUT2D eigenvalue weighted by Crippen LogP contribution is -1.99. The molecule has 0 aliphatic heterocycles. The van der Waals surface area contributed by atoms with Crippen LogP contribution < -0.4 is 15.2 Å². The van der Waals surface area contributed by atoms with Crippen molar-refractivity contribution in [3.8, 4) is 11.5 Å². The van der Waals surface area contributed by atoms with Crippen LogP contribution in [0, 0.1) is 21.7 Å². The number of nitrogens with two attached hydrogens (primary N) is 1. The average Bonchev–Trinajstić information content (AvgIpc) is 2.76. The molecule has 31 heavy (non-hydrogen) atoms. The average molecular weight is 495 g/mol. The van der Waals surface area contributed by atoms with Gasteiger partial charge in [-0.3, -0.25) is 10.1 Å². The van der Waals surface area contributed by atoms with Crippen LogP contribution in [0.5, 0.6) is 11.5 Å². The predicted octanol–water partition coefficient (Wildman–Crippen LogP) is 5.71. The molecule has 6 nitrogen and oxygen atoms in total. The van der Waals surface area contributed by atoms with Gasteiger partial charge in [0.2, 0.25) is 5.82 Å². The fourth-order valence-electron chi connectivity index (χ4n) is 2.74. The summed E-state index contributed by atoms with van der Waals surface area (Å²) in [6.45, 7) is 0. The highest BCUT2D eigenvalue weighted by atomic mass is 79.9. The molecule has 9 heteroatoms. The number of nitrogens with zero attached hydrogens (tertiary/aromatic N) is 1. The predicted molar refractivity (Wildman–Crippen MR) is 119 cm³/mol. The third-order valence-electron chi connectivity index (χ3n) is 4.34. The minimum atomic E-state index is -0.912. The fraction of sp³-hybridized carbons (Fsp3) is 0.182. The second-order valence-electron chi connectivity index (χ2n) is 6.37. The molecular formula is C22H21BrF2N2O4. The summed E-state index contributed by atoms with van der Waals surface area (Å²) in [5.74, 6) is -0.568. The number of rotatable bonds is 6. The fourth-order valence-corrected chi connectivity index (χ4v) is 3.24. The van der Waals surface area contributed by atoms with E-state index in [4.69, 9.17) is 15.2 Å². The Balaban J connectivity index is 0.000000233. The van der Waals surface area contributed by atoms with E-state index in [1.165, 1.54) is 25.8 Å². The highest BCUT2D eigenvalue weighted by molar-refractivity contribution is 9.10. The van der Waals surface area contributed by atoms with Gasteiger partial charge in [-0.2, -0.15) is 4.39 Å². The van der Waals surface area contributed by atoms with Gasteiger partial charge in [0.05, 0.1) is 29.3 Å². The Morgan fingerprint density at radius 3 is 2.16 bits per heavy atom. The van der Waals surface area contributed by atoms with Crippen molar-refractivity contribution in [2.75, 3.05) is 20.0 Å². The summed E-state index contributed by atoms with van der Waals surface area (Å²) in [6.07, 6.45) is 1.65. The maximum Gasteiger partial charge on any atom is 0.306 e. The second kappa shape index (κ2) is 11.3. The summed E-state index contributed by atoms with van der Waals surface area (Å²) < 4.78 is 36.5. The van der Waals surface area contributed by atoms with E-state index in [0.717, 1.165) is 30.5 Å². The number of hydrogen-bond acceptors (Lipinski definition) is 5. The van der Waals surface area contributed by atoms with E-state index in [2.05, 4.69) is 28.1 Å². The summed E-state index contributed by atoms with van der Waals surface area (Å²) in [5, 5.41) is 10.3. The number of aryl methyl sites for hydroxylation is 2. The highest BCUT2D eigenvalue weighted by Gasteiger charge is 2.17. The van der Waals surface area contributed by atoms with E-state index in [1.54, 1.807) is 6.07 Å². The van der Waals surface area contributed by atoms with Gasteiger partial charge >= 0.3 is 5.69 Å². The second-order valence-corrected chi connectivity index (χ2v) is 7.22. The largest absolute Gasteiger partial charge is 0.496 e. The lowest BCUT2D eigenvalue weighted by Gasteiger charge is -2.10. The molecule has 164 valence electrons. The molecule has 0 saturated heterocycles. The summed E-state index contributed by atoms with van der Waals surface area (Å²) in [5.41, 5.74) is 7.34. The number of ether oxygens (including phenoxy) is 2. The van der Waals surface area contributed by atoms with Gasteiger partial charge < -0.3 is 15.2 Å². The van der Waals surface area contributed by atoms with E-state index in [9.17, 15) is 18.9 Å². The minimum absolute atomic E-state index is 0.166. The Kier molecular flexibility index (Phi) is 8.75. The molecule has 0 radical (unpaired) electrons. The van der Waals surface area contributed by atoms with Crippen molar-refractivity contribution in [3.63, 3.8) is 0 Å². The van der Waals surface area contributed by atoms with Crippen LogP contribution in [0.1, 0.15) is 11.1 Å². The smallest absolute Gasteiger partial charge is 0.306 e. The number of nitro groups is 1. The maximum atomic E-state index is 13.3. The van der Waals surface area contributed by atoms with Gasteiger partial charge in [0.15, 0.2) is 0 Å². The van der Waals surface area contributed by atoms with Crippen LogP contribution in [0.15, 0.2) is 59.1 Å². The lowest BCUT2D eigenvalue weighted by atomic mass is 10.0. The number of benzene rings is 3. The zero-order valence-corrected chi connectivity index (χ0v) is 18.5. The van der Waals surface area contributed by atoms with Crippen molar-refractivity contribution in [3.05, 3.63) is 91.9 Å². The zero-order valence-electron chi connectivity index (χ0n) is 16.9. The Bertz CT molecular complexity index is 1050. The normalized spacial score (nSPS) is 10.1. The standard InChI is InChI=1S/C15H16FNO.C7H5BrFNO3/c1-18-15-10-13(16)14(17)9-12(15)8-7-11-5-3-2-4-6-11;1-13-7-3-5(9)6(10(11)12)2-4(7)8/h2-6,9-10H,7-8,17H2,1H3;2-3H,1H3. The summed E-state index contributed by atoms with van der Waals surface area (Å²) in [6, 6.07) is 15.2. The molecule has 3 aromatic carbocycles. The molecule has 3 rings (SSSR count). The van der Waals surface area contributed by atoms with Crippen molar-refractivity contribution >= 4 is 27.3 Å². The van der Waals surface area contributed by atoms with E-state index in [-0.39, 0.29) is 11.4 Å². The number of anilines is 1. The zero-order chi connectivity index (χ0) is 23.0. The highest BCUT2D eigenvalue weighted by Crippen LogP contribution is 2.31. The van der Waals surface area contributed by atoms with Crippen LogP contribution in [0.3, 0.4) is 0 Å². The van der Waals surface area contributed by atoms with Crippen molar-refractivity contribution in [1.29, 1.82) is 0 Å². The molecule has 0 unspecified atom stereocenters. The molecule has 0 bridgehead atoms. The van der Waals surface area contributed by atoms with Gasteiger partial charge in [-0.05, 0) is 46.0 Å². The molecule has 0 aliphatic carbocycles. The van der Waals surface area contributed by atoms with Crippen molar-refractivity contribution in [2.45, 2.75) is 12.8 Å². The first-order chi connectivity index (χ1) is 14.8. The van der Waals surface area contributed by atoms with Gasteiger partial charge in [0, 0.05) is 18.2 Å². The molecule has 3 aromatic rings. The van der Waals surface area contributed by atoms with Crippen LogP contribution in [0.2, 0.25) is 0 Å². The van der Waals surface area contributed by atoms with Gasteiger partial charge in [-0.1, -0.05) is 30.3 Å². The topological polar surface area (TPSA) is 87.6 Å². The van der Waals surface area contributed by atoms with Crippen LogP contribution in [-0.2, 0) is 12.8 Å². The number of hydrogen-bond donors (Lipinski definition) is 1. The molecule has 0 aromatic heterocycles. The van der Waals surface area contributed by atoms with E-state index in [1.807, 2.05) is 18.2 Å². The summed E-state index contributed by atoms with van der Waals surface area (Å²) >= 11 is 3.01. The van der Waals surface area contributed by atoms with Gasteiger partial charge in [-0.25, -0.2) is 4.39 Å². The maximum absolute atomic E-state index is 13.3. The van der Waals surface area contributed by atoms with Crippen molar-refractivity contribution in [1.82, 2.24) is 0 Å². The molecule has 0 amide bonds. The Morgan fingerprint density at radius 2 is 1.58 bits per heavy atom. The molecule has 0 atom stereocenters. The first-order valence-corrected chi connectivity index (χ1v) is 9.89. The third-order valence-corrected chi connectivity index (χ3v) is 4.96. The molecular weight excluding hydrogens is 474 g/mol. The summed E-state index contributed by atoms with van der Waals surface area (Å²) in [7, 11) is 2.89. The number of nitrogen functional groups attached to an aromatic ring is 1. The van der Waals surface area contributed by atoms with Crippen LogP contribution >= 0.6 is 15.9 Å². The molecule has 0 saturated carbocycles. The van der Waals surface area contributed by atoms with Crippen LogP contribution in [0.25, 0.3) is 0 Å². The number of methoxy groups -OCH3 is 2. The van der Waals surface area contributed by atoms with E-state index < -0.39 is 22.2 Å². The molecule has 0 aliphatic rings. The van der Waals surface area contributed by atoms with Gasteiger partial charge in [-0.15, -0.1) is 0 Å². The summed E-state index contributed by atoms with van der Waals surface area (Å²) in [4.78, 5) is 9.49. The van der Waals surface area contributed by atoms with Gasteiger partial charge in [0.1, 0.15) is 17.3 Å². The van der Waals surface area contributed by atoms with E-state index >= 15 is 0 Å². The van der Waals surface area contributed by atoms with Crippen molar-refractivity contribution in [2.24, 2.45) is 0 Å². The minimum Gasteiger partial charge on any atom is -0.496 e. The van der Waals surface area contributed by atoms with Crippen LogP contribution in [0.4, 0.5) is 20.2 Å². The van der Waals surface area contributed by atoms with Gasteiger partial charge in [0.25, 0.3) is 0 Å². The molecule has 2 N–H and O–H groups in total. The first-order valence-electron chi connectivity index (χ1n) is 9.10. The van der Waals surface area contributed by atoms with E-state index in [0.29, 0.717) is 10.2 Å². The van der Waals surface area contributed by atoms with Crippen LogP contribution in [-0.4, -0.2) is 19.1 Å². The molecule has 0 heterocycles. The lowest BCUT2D eigenvalue weighted by molar-refractivity contribution is -0.387. The molecule has 0 spiro atoms. The van der Waals surface area contributed by atoms with Crippen molar-refractivity contribution < 1.29 is 23.2 Å². The Morgan fingerprint density at radius 1 is 0.968 bits per heavy atom. The molecule has 0 fully saturated rings. The first kappa shape index (κ1) is 24.1. The number of halogens is 3. The Hall–Kier alpha value is -3.20.